The van der Waals surface area contributed by atoms with Crippen molar-refractivity contribution in [2.75, 3.05) is 24.7 Å². The summed E-state index contributed by atoms with van der Waals surface area (Å²) < 4.78 is 5.45. The maximum Gasteiger partial charge on any atom is 0.0685 e. The highest BCUT2D eigenvalue weighted by atomic mass is 16.5. The zero-order valence-electron chi connectivity index (χ0n) is 9.35. The van der Waals surface area contributed by atoms with Gasteiger partial charge in [0.15, 0.2) is 0 Å². The lowest BCUT2D eigenvalue weighted by Gasteiger charge is -2.25. The average molecular weight is 219 g/mol. The van der Waals surface area contributed by atoms with Crippen LogP contribution in [-0.2, 0) is 17.8 Å². The number of benzene rings is 1. The lowest BCUT2D eigenvalue weighted by Crippen LogP contribution is -2.33. The molecule has 2 heterocycles. The Morgan fingerprint density at radius 2 is 2.38 bits per heavy atom. The number of aliphatic hydroxyl groups is 1. The number of nitrogens with zero attached hydrogens (tertiary/aromatic N) is 1. The Labute approximate surface area is 95.6 Å². The fraction of sp³-hybridized carbons (Fsp3) is 0.538. The van der Waals surface area contributed by atoms with Crippen LogP contribution in [0.3, 0.4) is 0 Å². The Bertz CT molecular complexity index is 386. The van der Waals surface area contributed by atoms with Gasteiger partial charge in [-0.3, -0.25) is 0 Å². The van der Waals surface area contributed by atoms with Crippen LogP contribution in [0.5, 0.6) is 0 Å². The molecule has 1 aromatic carbocycles. The van der Waals surface area contributed by atoms with Gasteiger partial charge >= 0.3 is 0 Å². The molecule has 0 bridgehead atoms. The van der Waals surface area contributed by atoms with E-state index in [0.29, 0.717) is 6.04 Å². The summed E-state index contributed by atoms with van der Waals surface area (Å²) >= 11 is 0. The summed E-state index contributed by atoms with van der Waals surface area (Å²) in [5.74, 6) is 0. The quantitative estimate of drug-likeness (QED) is 0.814. The fourth-order valence-electron chi connectivity index (χ4n) is 2.83. The fourth-order valence-corrected chi connectivity index (χ4v) is 2.83. The molecular weight excluding hydrogens is 202 g/mol. The molecule has 3 rings (SSSR count). The Morgan fingerprint density at radius 1 is 1.44 bits per heavy atom. The van der Waals surface area contributed by atoms with Crippen LogP contribution < -0.4 is 4.90 Å². The SMILES string of the molecule is OCc1cccc2c1CCN2C1CCOC1. The van der Waals surface area contributed by atoms with Crippen molar-refractivity contribution in [3.05, 3.63) is 29.3 Å². The zero-order valence-corrected chi connectivity index (χ0v) is 9.35. The van der Waals surface area contributed by atoms with Gasteiger partial charge in [-0.05, 0) is 30.0 Å². The molecule has 3 heteroatoms. The molecule has 3 nitrogen and oxygen atoms in total. The highest BCUT2D eigenvalue weighted by molar-refractivity contribution is 5.61. The first-order chi connectivity index (χ1) is 7.90. The van der Waals surface area contributed by atoms with Gasteiger partial charge in [-0.25, -0.2) is 0 Å². The second kappa shape index (κ2) is 4.07. The molecule has 86 valence electrons. The minimum atomic E-state index is 0.151. The lowest BCUT2D eigenvalue weighted by atomic mass is 10.1. The average Bonchev–Trinajstić information content (AvgIpc) is 2.96. The second-order valence-electron chi connectivity index (χ2n) is 4.53. The molecule has 2 aliphatic rings. The number of anilines is 1. The molecule has 1 aromatic rings. The van der Waals surface area contributed by atoms with E-state index in [4.69, 9.17) is 4.74 Å². The van der Waals surface area contributed by atoms with Crippen molar-refractivity contribution in [1.29, 1.82) is 0 Å². The lowest BCUT2D eigenvalue weighted by molar-refractivity contribution is 0.193. The van der Waals surface area contributed by atoms with Crippen LogP contribution in [0.4, 0.5) is 5.69 Å². The van der Waals surface area contributed by atoms with E-state index in [1.165, 1.54) is 11.3 Å². The van der Waals surface area contributed by atoms with Gasteiger partial charge < -0.3 is 14.7 Å². The molecule has 0 aliphatic carbocycles. The summed E-state index contributed by atoms with van der Waals surface area (Å²) in [6.45, 7) is 2.96. The topological polar surface area (TPSA) is 32.7 Å². The Hall–Kier alpha value is -1.06. The van der Waals surface area contributed by atoms with E-state index in [2.05, 4.69) is 11.0 Å². The predicted molar refractivity (Wildman–Crippen MR) is 62.6 cm³/mol. The maximum atomic E-state index is 9.31. The Balaban J connectivity index is 1.93. The van der Waals surface area contributed by atoms with Crippen molar-refractivity contribution in [2.24, 2.45) is 0 Å². The van der Waals surface area contributed by atoms with Crippen LogP contribution in [0.1, 0.15) is 17.5 Å². The molecule has 0 radical (unpaired) electrons. The number of hydrogen-bond acceptors (Lipinski definition) is 3. The highest BCUT2D eigenvalue weighted by Gasteiger charge is 2.29. The minimum Gasteiger partial charge on any atom is -0.392 e. The van der Waals surface area contributed by atoms with E-state index in [1.54, 1.807) is 0 Å². The summed E-state index contributed by atoms with van der Waals surface area (Å²) in [6, 6.07) is 6.77. The molecule has 0 spiro atoms. The van der Waals surface area contributed by atoms with Gasteiger partial charge in [-0.2, -0.15) is 0 Å². The van der Waals surface area contributed by atoms with Gasteiger partial charge in [-0.15, -0.1) is 0 Å². The summed E-state index contributed by atoms with van der Waals surface area (Å²) in [4.78, 5) is 2.45. The van der Waals surface area contributed by atoms with Crippen LogP contribution in [0.25, 0.3) is 0 Å². The Kier molecular flexibility index (Phi) is 2.58. The first-order valence-electron chi connectivity index (χ1n) is 5.96. The third-order valence-corrected chi connectivity index (χ3v) is 3.68. The van der Waals surface area contributed by atoms with Crippen LogP contribution in [-0.4, -0.2) is 30.9 Å². The first kappa shape index (κ1) is 10.1. The molecule has 1 fully saturated rings. The Morgan fingerprint density at radius 3 is 3.12 bits per heavy atom. The molecule has 0 amide bonds. The van der Waals surface area contributed by atoms with Crippen molar-refractivity contribution in [1.82, 2.24) is 0 Å². The van der Waals surface area contributed by atoms with Crippen molar-refractivity contribution in [3.8, 4) is 0 Å². The van der Waals surface area contributed by atoms with Crippen LogP contribution in [0.2, 0.25) is 0 Å². The number of ether oxygens (including phenoxy) is 1. The van der Waals surface area contributed by atoms with Gasteiger partial charge in [0.1, 0.15) is 0 Å². The number of hydrogen-bond donors (Lipinski definition) is 1. The summed E-state index contributed by atoms with van der Waals surface area (Å²) in [7, 11) is 0. The summed E-state index contributed by atoms with van der Waals surface area (Å²) in [5.41, 5.74) is 3.72. The van der Waals surface area contributed by atoms with Gasteiger partial charge in [0.25, 0.3) is 0 Å². The van der Waals surface area contributed by atoms with Crippen molar-refractivity contribution >= 4 is 5.69 Å². The van der Waals surface area contributed by atoms with E-state index in [0.717, 1.165) is 38.2 Å². The zero-order chi connectivity index (χ0) is 11.0. The molecule has 0 saturated carbocycles. The standard InChI is InChI=1S/C13H17NO2/c15-8-10-2-1-3-13-12(10)4-6-14(13)11-5-7-16-9-11/h1-3,11,15H,4-9H2. The molecule has 1 unspecified atom stereocenters. The van der Waals surface area contributed by atoms with E-state index >= 15 is 0 Å². The van der Waals surface area contributed by atoms with Crippen LogP contribution in [0, 0.1) is 0 Å². The third-order valence-electron chi connectivity index (χ3n) is 3.68. The second-order valence-corrected chi connectivity index (χ2v) is 4.53. The molecule has 1 atom stereocenters. The molecule has 0 aromatic heterocycles. The van der Waals surface area contributed by atoms with Gasteiger partial charge in [0.2, 0.25) is 0 Å². The highest BCUT2D eigenvalue weighted by Crippen LogP contribution is 2.33. The monoisotopic (exact) mass is 219 g/mol. The van der Waals surface area contributed by atoms with Crippen molar-refractivity contribution < 1.29 is 9.84 Å². The van der Waals surface area contributed by atoms with Gasteiger partial charge in [-0.1, -0.05) is 12.1 Å². The van der Waals surface area contributed by atoms with Crippen molar-refractivity contribution in [3.63, 3.8) is 0 Å². The third kappa shape index (κ3) is 1.51. The molecule has 1 saturated heterocycles. The van der Waals surface area contributed by atoms with Gasteiger partial charge in [0.05, 0.1) is 19.3 Å². The summed E-state index contributed by atoms with van der Waals surface area (Å²) in [6.07, 6.45) is 2.19. The molecule has 2 aliphatic heterocycles. The molecule has 16 heavy (non-hydrogen) atoms. The largest absolute Gasteiger partial charge is 0.392 e. The van der Waals surface area contributed by atoms with E-state index < -0.39 is 0 Å². The van der Waals surface area contributed by atoms with Gasteiger partial charge in [0, 0.05) is 18.8 Å². The number of aliphatic hydroxyl groups excluding tert-OH is 1. The van der Waals surface area contributed by atoms with E-state index in [1.807, 2.05) is 12.1 Å². The van der Waals surface area contributed by atoms with E-state index in [9.17, 15) is 5.11 Å². The number of fused-ring (bicyclic) bond motifs is 1. The first-order valence-corrected chi connectivity index (χ1v) is 5.96. The summed E-state index contributed by atoms with van der Waals surface area (Å²) in [5, 5.41) is 9.31. The molecular formula is C13H17NO2. The van der Waals surface area contributed by atoms with Crippen LogP contribution in [0.15, 0.2) is 18.2 Å². The van der Waals surface area contributed by atoms with E-state index in [-0.39, 0.29) is 6.61 Å². The number of rotatable bonds is 2. The smallest absolute Gasteiger partial charge is 0.0685 e. The van der Waals surface area contributed by atoms with Crippen molar-refractivity contribution in [2.45, 2.75) is 25.5 Å². The normalized spacial score (nSPS) is 23.8. The predicted octanol–water partition coefficient (Wildman–Crippen LogP) is 1.33. The molecule has 1 N–H and O–H groups in total. The van der Waals surface area contributed by atoms with Crippen LogP contribution >= 0.6 is 0 Å². The maximum absolute atomic E-state index is 9.31. The minimum absolute atomic E-state index is 0.151.